The summed E-state index contributed by atoms with van der Waals surface area (Å²) in [7, 11) is 0. The number of nitrogens with zero attached hydrogens (tertiary/aromatic N) is 1. The first kappa shape index (κ1) is 17.1. The lowest BCUT2D eigenvalue weighted by molar-refractivity contribution is -0.121. The molecule has 1 N–H and O–H groups in total. The van der Waals surface area contributed by atoms with Gasteiger partial charge in [-0.3, -0.25) is 9.69 Å². The maximum Gasteiger partial charge on any atom is 0.221 e. The molecule has 1 amide bonds. The first-order valence-electron chi connectivity index (χ1n) is 8.53. The molecule has 3 nitrogen and oxygen atoms in total. The lowest BCUT2D eigenvalue weighted by Gasteiger charge is -2.16. The van der Waals surface area contributed by atoms with E-state index in [0.717, 1.165) is 31.8 Å². The Morgan fingerprint density at radius 1 is 1.08 bits per heavy atom. The SMILES string of the molecule is O=C(CCSc1ccccc1)N[C@H]1CCN(Cc2ccccc2)C1. The first-order valence-corrected chi connectivity index (χ1v) is 9.51. The van der Waals surface area contributed by atoms with Gasteiger partial charge in [-0.15, -0.1) is 11.8 Å². The van der Waals surface area contributed by atoms with Crippen LogP contribution in [0.5, 0.6) is 0 Å². The monoisotopic (exact) mass is 340 g/mol. The van der Waals surface area contributed by atoms with Crippen LogP contribution >= 0.6 is 11.8 Å². The topological polar surface area (TPSA) is 32.3 Å². The summed E-state index contributed by atoms with van der Waals surface area (Å²) in [5.41, 5.74) is 1.34. The smallest absolute Gasteiger partial charge is 0.221 e. The molecule has 1 aliphatic rings. The van der Waals surface area contributed by atoms with E-state index >= 15 is 0 Å². The molecule has 1 atom stereocenters. The van der Waals surface area contributed by atoms with Gasteiger partial charge in [0.25, 0.3) is 0 Å². The summed E-state index contributed by atoms with van der Waals surface area (Å²) in [5.74, 6) is 1.00. The number of hydrogen-bond donors (Lipinski definition) is 1. The molecule has 2 aromatic rings. The van der Waals surface area contributed by atoms with Gasteiger partial charge in [0.05, 0.1) is 0 Å². The van der Waals surface area contributed by atoms with Crippen LogP contribution in [0.25, 0.3) is 0 Å². The molecule has 1 aliphatic heterocycles. The van der Waals surface area contributed by atoms with Crippen molar-refractivity contribution in [2.45, 2.75) is 30.3 Å². The summed E-state index contributed by atoms with van der Waals surface area (Å²) in [6.45, 7) is 2.97. The Hall–Kier alpha value is -1.78. The van der Waals surface area contributed by atoms with Crippen molar-refractivity contribution < 1.29 is 4.79 Å². The molecule has 0 spiro atoms. The second-order valence-corrected chi connectivity index (χ2v) is 7.35. The fraction of sp³-hybridized carbons (Fsp3) is 0.350. The van der Waals surface area contributed by atoms with Gasteiger partial charge in [-0.2, -0.15) is 0 Å². The number of nitrogens with one attached hydrogen (secondary N) is 1. The minimum absolute atomic E-state index is 0.171. The Kier molecular flexibility index (Phi) is 6.33. The van der Waals surface area contributed by atoms with E-state index in [-0.39, 0.29) is 5.91 Å². The van der Waals surface area contributed by atoms with E-state index in [1.165, 1.54) is 10.5 Å². The normalized spacial score (nSPS) is 17.8. The van der Waals surface area contributed by atoms with E-state index in [9.17, 15) is 4.79 Å². The van der Waals surface area contributed by atoms with Gasteiger partial charge in [-0.1, -0.05) is 48.5 Å². The van der Waals surface area contributed by atoms with Crippen LogP contribution in [0, 0.1) is 0 Å². The molecule has 1 saturated heterocycles. The van der Waals surface area contributed by atoms with Crippen LogP contribution < -0.4 is 5.32 Å². The molecule has 2 aromatic carbocycles. The number of carbonyl (C=O) groups excluding carboxylic acids is 1. The summed E-state index contributed by atoms with van der Waals surface area (Å²) < 4.78 is 0. The Balaban J connectivity index is 1.35. The molecule has 0 unspecified atom stereocenters. The van der Waals surface area contributed by atoms with Crippen molar-refractivity contribution >= 4 is 17.7 Å². The van der Waals surface area contributed by atoms with E-state index in [2.05, 4.69) is 46.6 Å². The van der Waals surface area contributed by atoms with Crippen LogP contribution in [-0.4, -0.2) is 35.7 Å². The minimum Gasteiger partial charge on any atom is -0.352 e. The third-order valence-electron chi connectivity index (χ3n) is 4.23. The third kappa shape index (κ3) is 5.39. The van der Waals surface area contributed by atoms with Gasteiger partial charge in [0.2, 0.25) is 5.91 Å². The summed E-state index contributed by atoms with van der Waals surface area (Å²) in [5, 5.41) is 3.19. The van der Waals surface area contributed by atoms with Gasteiger partial charge in [-0.05, 0) is 24.1 Å². The minimum atomic E-state index is 0.171. The summed E-state index contributed by atoms with van der Waals surface area (Å²) in [6, 6.07) is 21.1. The highest BCUT2D eigenvalue weighted by Crippen LogP contribution is 2.18. The van der Waals surface area contributed by atoms with Crippen LogP contribution in [0.1, 0.15) is 18.4 Å². The average molecular weight is 340 g/mol. The van der Waals surface area contributed by atoms with Gasteiger partial charge in [-0.25, -0.2) is 0 Å². The number of hydrogen-bond acceptors (Lipinski definition) is 3. The Morgan fingerprint density at radius 3 is 2.54 bits per heavy atom. The highest BCUT2D eigenvalue weighted by atomic mass is 32.2. The van der Waals surface area contributed by atoms with E-state index in [1.54, 1.807) is 11.8 Å². The van der Waals surface area contributed by atoms with Crippen LogP contribution in [0.15, 0.2) is 65.6 Å². The van der Waals surface area contributed by atoms with Crippen LogP contribution in [0.4, 0.5) is 0 Å². The van der Waals surface area contributed by atoms with E-state index in [1.807, 2.05) is 24.3 Å². The zero-order valence-corrected chi connectivity index (χ0v) is 14.7. The number of amides is 1. The number of rotatable bonds is 7. The van der Waals surface area contributed by atoms with Crippen LogP contribution in [0.3, 0.4) is 0 Å². The lowest BCUT2D eigenvalue weighted by atomic mass is 10.2. The average Bonchev–Trinajstić information content (AvgIpc) is 3.03. The summed E-state index contributed by atoms with van der Waals surface area (Å²) in [6.07, 6.45) is 1.62. The standard InChI is InChI=1S/C20H24N2OS/c23-20(12-14-24-19-9-5-2-6-10-19)21-18-11-13-22(16-18)15-17-7-3-1-4-8-17/h1-10,18H,11-16H2,(H,21,23)/t18-/m0/s1. The molecule has 0 bridgehead atoms. The quantitative estimate of drug-likeness (QED) is 0.782. The van der Waals surface area contributed by atoms with Crippen LogP contribution in [0.2, 0.25) is 0 Å². The predicted octanol–water partition coefficient (Wildman–Crippen LogP) is 3.56. The zero-order valence-electron chi connectivity index (χ0n) is 13.9. The van der Waals surface area contributed by atoms with Gasteiger partial charge >= 0.3 is 0 Å². The fourth-order valence-electron chi connectivity index (χ4n) is 3.01. The van der Waals surface area contributed by atoms with Crippen molar-refractivity contribution in [1.29, 1.82) is 0 Å². The van der Waals surface area contributed by atoms with Gasteiger partial charge in [0.1, 0.15) is 0 Å². The summed E-state index contributed by atoms with van der Waals surface area (Å²) in [4.78, 5) is 15.7. The largest absolute Gasteiger partial charge is 0.352 e. The van der Waals surface area contributed by atoms with Crippen molar-refractivity contribution in [3.63, 3.8) is 0 Å². The molecule has 0 saturated carbocycles. The number of carbonyl (C=O) groups is 1. The number of thioether (sulfide) groups is 1. The van der Waals surface area contributed by atoms with E-state index < -0.39 is 0 Å². The molecule has 0 aliphatic carbocycles. The summed E-state index contributed by atoms with van der Waals surface area (Å²) >= 11 is 1.74. The Bertz CT molecular complexity index is 633. The maximum atomic E-state index is 12.1. The highest BCUT2D eigenvalue weighted by molar-refractivity contribution is 7.99. The first-order chi connectivity index (χ1) is 11.8. The van der Waals surface area contributed by atoms with Crippen molar-refractivity contribution in [2.24, 2.45) is 0 Å². The molecule has 24 heavy (non-hydrogen) atoms. The number of likely N-dealkylation sites (tertiary alicyclic amines) is 1. The van der Waals surface area contributed by atoms with Gasteiger partial charge in [0.15, 0.2) is 0 Å². The molecular formula is C20H24N2OS. The molecular weight excluding hydrogens is 316 g/mol. The maximum absolute atomic E-state index is 12.1. The second kappa shape index (κ2) is 8.90. The molecule has 3 rings (SSSR count). The number of benzene rings is 2. The molecule has 126 valence electrons. The third-order valence-corrected chi connectivity index (χ3v) is 5.24. The van der Waals surface area contributed by atoms with E-state index in [4.69, 9.17) is 0 Å². The fourth-order valence-corrected chi connectivity index (χ4v) is 3.89. The van der Waals surface area contributed by atoms with Gasteiger partial charge in [0, 0.05) is 42.7 Å². The predicted molar refractivity (Wildman–Crippen MR) is 100 cm³/mol. The highest BCUT2D eigenvalue weighted by Gasteiger charge is 2.23. The molecule has 0 radical (unpaired) electrons. The van der Waals surface area contributed by atoms with Crippen molar-refractivity contribution in [3.05, 3.63) is 66.2 Å². The van der Waals surface area contributed by atoms with Crippen molar-refractivity contribution in [1.82, 2.24) is 10.2 Å². The van der Waals surface area contributed by atoms with Crippen LogP contribution in [-0.2, 0) is 11.3 Å². The van der Waals surface area contributed by atoms with E-state index in [0.29, 0.717) is 12.5 Å². The van der Waals surface area contributed by atoms with Gasteiger partial charge < -0.3 is 5.32 Å². The zero-order chi connectivity index (χ0) is 16.6. The Morgan fingerprint density at radius 2 is 1.79 bits per heavy atom. The molecule has 1 heterocycles. The van der Waals surface area contributed by atoms with Crippen molar-refractivity contribution in [2.75, 3.05) is 18.8 Å². The molecule has 0 aromatic heterocycles. The van der Waals surface area contributed by atoms with Crippen molar-refractivity contribution in [3.8, 4) is 0 Å². The molecule has 1 fully saturated rings. The lowest BCUT2D eigenvalue weighted by Crippen LogP contribution is -2.37. The second-order valence-electron chi connectivity index (χ2n) is 6.19. The Labute approximate surface area is 148 Å². The molecule has 4 heteroatoms.